The number of ether oxygens (including phenoxy) is 2. The molecule has 0 radical (unpaired) electrons. The minimum absolute atomic E-state index is 0.332. The first-order valence-corrected chi connectivity index (χ1v) is 9.90. The summed E-state index contributed by atoms with van der Waals surface area (Å²) in [5.41, 5.74) is 1.38. The number of carbonyl (C=O) groups excluding carboxylic acids is 2. The van der Waals surface area contributed by atoms with Crippen molar-refractivity contribution >= 4 is 11.9 Å². The first kappa shape index (κ1) is 21.7. The van der Waals surface area contributed by atoms with Gasteiger partial charge in [0.1, 0.15) is 11.5 Å². The molecule has 2 aromatic carbocycles. The number of benzene rings is 2. The smallest absolute Gasteiger partial charge is 0.335 e. The zero-order chi connectivity index (χ0) is 22.1. The molecule has 0 amide bonds. The minimum Gasteiger partial charge on any atom is -0.423 e. The van der Waals surface area contributed by atoms with Crippen LogP contribution in [0.1, 0.15) is 26.7 Å². The Kier molecular flexibility index (Phi) is 7.48. The molecule has 0 saturated carbocycles. The van der Waals surface area contributed by atoms with Gasteiger partial charge in [0, 0.05) is 23.3 Å². The molecule has 3 rings (SSSR count). The van der Waals surface area contributed by atoms with E-state index >= 15 is 0 Å². The van der Waals surface area contributed by atoms with Crippen LogP contribution in [0, 0.1) is 0 Å². The van der Waals surface area contributed by atoms with Gasteiger partial charge in [0.15, 0.2) is 0 Å². The van der Waals surface area contributed by atoms with E-state index in [4.69, 9.17) is 13.9 Å². The van der Waals surface area contributed by atoms with Gasteiger partial charge in [0.2, 0.25) is 11.8 Å². The molecule has 7 nitrogen and oxygen atoms in total. The second-order valence-corrected chi connectivity index (χ2v) is 6.42. The maximum absolute atomic E-state index is 11.6. The Morgan fingerprint density at radius 1 is 0.742 bits per heavy atom. The molecule has 3 aromatic rings. The van der Waals surface area contributed by atoms with Crippen LogP contribution in [0.2, 0.25) is 0 Å². The summed E-state index contributed by atoms with van der Waals surface area (Å²) in [6.07, 6.45) is 7.78. The number of carbonyl (C=O) groups is 2. The SMILES string of the molecule is CC/C=C/C(=O)Oc1ccc(-c2nnc(-c3ccc(OC(=O)/C=C/CC)cc3)o2)cc1. The van der Waals surface area contributed by atoms with Crippen molar-refractivity contribution in [1.82, 2.24) is 10.2 Å². The Hall–Kier alpha value is -4.00. The van der Waals surface area contributed by atoms with E-state index in [-0.39, 0.29) is 0 Å². The van der Waals surface area contributed by atoms with Crippen molar-refractivity contribution in [2.45, 2.75) is 26.7 Å². The van der Waals surface area contributed by atoms with Gasteiger partial charge in [0.05, 0.1) is 0 Å². The number of hydrogen-bond acceptors (Lipinski definition) is 7. The Labute approximate surface area is 180 Å². The second kappa shape index (κ2) is 10.7. The molecule has 0 atom stereocenters. The molecule has 7 heteroatoms. The van der Waals surface area contributed by atoms with Gasteiger partial charge in [-0.2, -0.15) is 0 Å². The summed E-state index contributed by atoms with van der Waals surface area (Å²) in [5.74, 6) is 0.662. The average molecular weight is 418 g/mol. The Bertz CT molecular complexity index is 994. The first-order valence-electron chi connectivity index (χ1n) is 9.90. The number of rotatable bonds is 8. The number of allylic oxidation sites excluding steroid dienone is 2. The Morgan fingerprint density at radius 3 is 1.48 bits per heavy atom. The van der Waals surface area contributed by atoms with E-state index in [1.807, 2.05) is 13.8 Å². The predicted molar refractivity (Wildman–Crippen MR) is 115 cm³/mol. The van der Waals surface area contributed by atoms with Gasteiger partial charge >= 0.3 is 11.9 Å². The summed E-state index contributed by atoms with van der Waals surface area (Å²) in [5, 5.41) is 8.14. The summed E-state index contributed by atoms with van der Waals surface area (Å²) >= 11 is 0. The van der Waals surface area contributed by atoms with Crippen molar-refractivity contribution in [2.75, 3.05) is 0 Å². The highest BCUT2D eigenvalue weighted by atomic mass is 16.5. The summed E-state index contributed by atoms with van der Waals surface area (Å²) in [4.78, 5) is 23.3. The molecule has 1 heterocycles. The fraction of sp³-hybridized carbons (Fsp3) is 0.167. The van der Waals surface area contributed by atoms with Crippen LogP contribution in [-0.4, -0.2) is 22.1 Å². The fourth-order valence-corrected chi connectivity index (χ4v) is 2.52. The van der Waals surface area contributed by atoms with E-state index in [2.05, 4.69) is 10.2 Å². The molecular weight excluding hydrogens is 396 g/mol. The summed E-state index contributed by atoms with van der Waals surface area (Å²) in [6.45, 7) is 3.87. The Balaban J connectivity index is 1.66. The van der Waals surface area contributed by atoms with E-state index < -0.39 is 11.9 Å². The average Bonchev–Trinajstić information content (AvgIpc) is 3.27. The quantitative estimate of drug-likeness (QED) is 0.284. The van der Waals surface area contributed by atoms with Gasteiger partial charge in [-0.15, -0.1) is 10.2 Å². The normalized spacial score (nSPS) is 11.2. The molecule has 1 aromatic heterocycles. The second-order valence-electron chi connectivity index (χ2n) is 6.42. The van der Waals surface area contributed by atoms with E-state index in [0.29, 0.717) is 34.4 Å². The standard InChI is InChI=1S/C24H22N2O5/c1-3-5-7-21(27)29-19-13-9-17(10-14-19)23-25-26-24(31-23)18-11-15-20(16-12-18)30-22(28)8-6-4-2/h5-16H,3-4H2,1-2H3/b7-5+,8-6+. The van der Waals surface area contributed by atoms with Crippen LogP contribution in [-0.2, 0) is 9.59 Å². The molecular formula is C24H22N2O5. The lowest BCUT2D eigenvalue weighted by atomic mass is 10.2. The van der Waals surface area contributed by atoms with Crippen molar-refractivity contribution in [2.24, 2.45) is 0 Å². The van der Waals surface area contributed by atoms with Crippen molar-refractivity contribution in [3.63, 3.8) is 0 Å². The zero-order valence-electron chi connectivity index (χ0n) is 17.3. The molecule has 0 N–H and O–H groups in total. The van der Waals surface area contributed by atoms with Crippen LogP contribution in [0.3, 0.4) is 0 Å². The van der Waals surface area contributed by atoms with Crippen LogP contribution in [0.5, 0.6) is 11.5 Å². The van der Waals surface area contributed by atoms with Gasteiger partial charge in [-0.3, -0.25) is 0 Å². The van der Waals surface area contributed by atoms with Crippen LogP contribution in [0.15, 0.2) is 77.3 Å². The van der Waals surface area contributed by atoms with Gasteiger partial charge in [-0.25, -0.2) is 9.59 Å². The summed E-state index contributed by atoms with van der Waals surface area (Å²) < 4.78 is 16.2. The highest BCUT2D eigenvalue weighted by Crippen LogP contribution is 2.26. The summed E-state index contributed by atoms with van der Waals surface area (Å²) in [6, 6.07) is 13.6. The van der Waals surface area contributed by atoms with Crippen molar-refractivity contribution in [3.8, 4) is 34.4 Å². The molecule has 0 fully saturated rings. The van der Waals surface area contributed by atoms with Gasteiger partial charge in [-0.05, 0) is 61.4 Å². The number of aromatic nitrogens is 2. The topological polar surface area (TPSA) is 91.5 Å². The molecule has 0 aliphatic carbocycles. The third kappa shape index (κ3) is 6.24. The largest absolute Gasteiger partial charge is 0.423 e. The van der Waals surface area contributed by atoms with E-state index in [9.17, 15) is 9.59 Å². The molecule has 0 spiro atoms. The number of esters is 2. The lowest BCUT2D eigenvalue weighted by molar-refractivity contribution is -0.129. The lowest BCUT2D eigenvalue weighted by Gasteiger charge is -2.02. The van der Waals surface area contributed by atoms with Crippen LogP contribution < -0.4 is 9.47 Å². The molecule has 0 unspecified atom stereocenters. The van der Waals surface area contributed by atoms with E-state index in [1.54, 1.807) is 60.7 Å². The van der Waals surface area contributed by atoms with Crippen LogP contribution in [0.25, 0.3) is 22.9 Å². The molecule has 0 aliphatic heterocycles. The van der Waals surface area contributed by atoms with Crippen LogP contribution >= 0.6 is 0 Å². The number of nitrogens with zero attached hydrogens (tertiary/aromatic N) is 2. The van der Waals surface area contributed by atoms with Gasteiger partial charge < -0.3 is 13.9 Å². The third-order valence-corrected chi connectivity index (χ3v) is 4.04. The molecule has 158 valence electrons. The third-order valence-electron chi connectivity index (χ3n) is 4.04. The first-order chi connectivity index (χ1) is 15.1. The van der Waals surface area contributed by atoms with Crippen molar-refractivity contribution < 1.29 is 23.5 Å². The van der Waals surface area contributed by atoms with Crippen molar-refractivity contribution in [3.05, 3.63) is 72.8 Å². The monoisotopic (exact) mass is 418 g/mol. The molecule has 0 bridgehead atoms. The van der Waals surface area contributed by atoms with E-state index in [0.717, 1.165) is 12.8 Å². The summed E-state index contributed by atoms with van der Waals surface area (Å²) in [7, 11) is 0. The minimum atomic E-state index is -0.426. The lowest BCUT2D eigenvalue weighted by Crippen LogP contribution is -2.03. The van der Waals surface area contributed by atoms with E-state index in [1.165, 1.54) is 12.2 Å². The highest BCUT2D eigenvalue weighted by molar-refractivity contribution is 5.84. The molecule has 0 saturated heterocycles. The maximum Gasteiger partial charge on any atom is 0.335 e. The highest BCUT2D eigenvalue weighted by Gasteiger charge is 2.12. The van der Waals surface area contributed by atoms with Gasteiger partial charge in [-0.1, -0.05) is 26.0 Å². The number of hydrogen-bond donors (Lipinski definition) is 0. The van der Waals surface area contributed by atoms with Gasteiger partial charge in [0.25, 0.3) is 0 Å². The molecule has 0 aliphatic rings. The fourth-order valence-electron chi connectivity index (χ4n) is 2.52. The van der Waals surface area contributed by atoms with Crippen molar-refractivity contribution in [1.29, 1.82) is 0 Å². The predicted octanol–water partition coefficient (Wildman–Crippen LogP) is 5.15. The Morgan fingerprint density at radius 2 is 1.13 bits per heavy atom. The zero-order valence-corrected chi connectivity index (χ0v) is 17.3. The molecule has 31 heavy (non-hydrogen) atoms. The van der Waals surface area contributed by atoms with Crippen LogP contribution in [0.4, 0.5) is 0 Å². The maximum atomic E-state index is 11.6.